The van der Waals surface area contributed by atoms with Gasteiger partial charge in [0.25, 0.3) is 0 Å². The molecule has 0 saturated heterocycles. The first-order chi connectivity index (χ1) is 6.58. The quantitative estimate of drug-likeness (QED) is 0.438. The van der Waals surface area contributed by atoms with Crippen LogP contribution in [0.1, 0.15) is 6.42 Å². The van der Waals surface area contributed by atoms with Crippen molar-refractivity contribution in [2.24, 2.45) is 0 Å². The summed E-state index contributed by atoms with van der Waals surface area (Å²) in [6.45, 7) is 0. The van der Waals surface area contributed by atoms with Gasteiger partial charge in [-0.25, -0.2) is 0 Å². The van der Waals surface area contributed by atoms with Crippen LogP contribution in [0.15, 0.2) is 35.2 Å². The molecule has 0 aliphatic carbocycles. The molecule has 0 aliphatic heterocycles. The van der Waals surface area contributed by atoms with E-state index in [0.717, 1.165) is 0 Å². The van der Waals surface area contributed by atoms with E-state index in [4.69, 9.17) is 0 Å². The molecule has 0 amide bonds. The Hall–Kier alpha value is 0.369. The summed E-state index contributed by atoms with van der Waals surface area (Å²) in [5, 5.41) is 0. The SMILES string of the molecule is [CH3][Sn]([CH3])([CH3])[CH2]CCSc1ccccc1. The Balaban J connectivity index is 2.17. The number of benzene rings is 1. The first kappa shape index (κ1) is 12.4. The van der Waals surface area contributed by atoms with E-state index >= 15 is 0 Å². The van der Waals surface area contributed by atoms with Crippen molar-refractivity contribution in [3.8, 4) is 0 Å². The van der Waals surface area contributed by atoms with E-state index in [0.29, 0.717) is 0 Å². The van der Waals surface area contributed by atoms with E-state index in [1.54, 1.807) is 0 Å². The fourth-order valence-corrected chi connectivity index (χ4v) is 6.45. The number of hydrogen-bond donors (Lipinski definition) is 0. The molecule has 0 heterocycles. The molecule has 78 valence electrons. The van der Waals surface area contributed by atoms with Crippen molar-refractivity contribution >= 4 is 30.1 Å². The average Bonchev–Trinajstić information content (AvgIpc) is 2.13. The van der Waals surface area contributed by atoms with E-state index < -0.39 is 18.4 Å². The van der Waals surface area contributed by atoms with Crippen LogP contribution in [-0.4, -0.2) is 24.1 Å². The predicted octanol–water partition coefficient (Wildman–Crippen LogP) is 4.51. The molecule has 0 radical (unpaired) electrons. The van der Waals surface area contributed by atoms with Gasteiger partial charge in [-0.15, -0.1) is 0 Å². The molecule has 2 heteroatoms. The van der Waals surface area contributed by atoms with Crippen LogP contribution in [0.5, 0.6) is 0 Å². The molecule has 0 aliphatic rings. The van der Waals surface area contributed by atoms with Crippen LogP contribution in [0, 0.1) is 0 Å². The van der Waals surface area contributed by atoms with Crippen molar-refractivity contribution in [1.29, 1.82) is 0 Å². The van der Waals surface area contributed by atoms with Gasteiger partial charge in [-0.2, -0.15) is 0 Å². The summed E-state index contributed by atoms with van der Waals surface area (Å²) in [6.07, 6.45) is 1.40. The molecule has 0 unspecified atom stereocenters. The zero-order chi connectivity index (χ0) is 10.4. The molecule has 1 aromatic carbocycles. The molecular formula is C12H20SSn. The van der Waals surface area contributed by atoms with Crippen LogP contribution >= 0.6 is 11.8 Å². The Morgan fingerprint density at radius 1 is 1.07 bits per heavy atom. The van der Waals surface area contributed by atoms with E-state index in [1.165, 1.54) is 21.5 Å². The zero-order valence-electron chi connectivity index (χ0n) is 9.42. The van der Waals surface area contributed by atoms with Crippen LogP contribution in [-0.2, 0) is 0 Å². The van der Waals surface area contributed by atoms with Crippen molar-refractivity contribution in [1.82, 2.24) is 0 Å². The van der Waals surface area contributed by atoms with Gasteiger partial charge in [-0.3, -0.25) is 0 Å². The molecule has 0 spiro atoms. The van der Waals surface area contributed by atoms with Gasteiger partial charge in [0.15, 0.2) is 0 Å². The Morgan fingerprint density at radius 2 is 1.71 bits per heavy atom. The Bertz CT molecular complexity index is 251. The summed E-state index contributed by atoms with van der Waals surface area (Å²) in [5.41, 5.74) is 0. The molecule has 0 bridgehead atoms. The maximum absolute atomic E-state index is 2.52. The second-order valence-electron chi connectivity index (χ2n) is 4.83. The second kappa shape index (κ2) is 6.06. The minimum absolute atomic E-state index is 1.29. The van der Waals surface area contributed by atoms with Crippen molar-refractivity contribution in [2.45, 2.75) is 30.6 Å². The molecule has 0 aromatic heterocycles. The maximum atomic E-state index is 2.52. The monoisotopic (exact) mass is 316 g/mol. The first-order valence-electron chi connectivity index (χ1n) is 5.26. The normalized spacial score (nSPS) is 11.6. The average molecular weight is 315 g/mol. The van der Waals surface area contributed by atoms with Gasteiger partial charge in [-0.1, -0.05) is 0 Å². The molecule has 1 rings (SSSR count). The molecule has 1 aromatic rings. The van der Waals surface area contributed by atoms with Crippen LogP contribution in [0.3, 0.4) is 0 Å². The van der Waals surface area contributed by atoms with Crippen LogP contribution in [0.2, 0.25) is 19.3 Å². The molecule has 0 fully saturated rings. The van der Waals surface area contributed by atoms with Gasteiger partial charge in [0.1, 0.15) is 0 Å². The van der Waals surface area contributed by atoms with Crippen LogP contribution < -0.4 is 0 Å². The number of hydrogen-bond acceptors (Lipinski definition) is 1. The number of thioether (sulfide) groups is 1. The zero-order valence-corrected chi connectivity index (χ0v) is 13.1. The third-order valence-corrected chi connectivity index (χ3v) is 8.47. The topological polar surface area (TPSA) is 0 Å². The van der Waals surface area contributed by atoms with Crippen LogP contribution in [0.25, 0.3) is 0 Å². The van der Waals surface area contributed by atoms with Crippen molar-refractivity contribution < 1.29 is 0 Å². The molecule has 0 nitrogen and oxygen atoms in total. The van der Waals surface area contributed by atoms with Crippen LogP contribution in [0.4, 0.5) is 0 Å². The van der Waals surface area contributed by atoms with E-state index in [2.05, 4.69) is 45.2 Å². The van der Waals surface area contributed by atoms with Gasteiger partial charge >= 0.3 is 96.8 Å². The van der Waals surface area contributed by atoms with E-state index in [-0.39, 0.29) is 0 Å². The third kappa shape index (κ3) is 5.97. The molecule has 0 saturated carbocycles. The Morgan fingerprint density at radius 3 is 2.29 bits per heavy atom. The summed E-state index contributed by atoms with van der Waals surface area (Å²) in [6, 6.07) is 10.7. The fraction of sp³-hybridized carbons (Fsp3) is 0.500. The summed E-state index contributed by atoms with van der Waals surface area (Å²) in [7, 11) is 0. The fourth-order valence-electron chi connectivity index (χ4n) is 1.31. The molecule has 14 heavy (non-hydrogen) atoms. The summed E-state index contributed by atoms with van der Waals surface area (Å²) in [4.78, 5) is 8.96. The first-order valence-corrected chi connectivity index (χ1v) is 16.8. The number of rotatable bonds is 5. The van der Waals surface area contributed by atoms with Crippen molar-refractivity contribution in [3.05, 3.63) is 30.3 Å². The van der Waals surface area contributed by atoms with Crippen molar-refractivity contribution in [3.63, 3.8) is 0 Å². The van der Waals surface area contributed by atoms with Gasteiger partial charge in [-0.05, 0) is 0 Å². The summed E-state index contributed by atoms with van der Waals surface area (Å²) in [5.74, 6) is 1.29. The Labute approximate surface area is 96.4 Å². The standard InChI is InChI=1S/C9H11S.3CH3.Sn/c1-2-8-10-9-6-4-3-5-7-9;;;;/h3-7H,1-2,8H2;3*1H3;. The van der Waals surface area contributed by atoms with E-state index in [1.807, 2.05) is 11.8 Å². The second-order valence-corrected chi connectivity index (χ2v) is 22.0. The molecular weight excluding hydrogens is 295 g/mol. The minimum atomic E-state index is -1.47. The summed E-state index contributed by atoms with van der Waals surface area (Å²) >= 11 is 0.524. The molecule has 0 atom stereocenters. The summed E-state index contributed by atoms with van der Waals surface area (Å²) < 4.78 is 1.52. The third-order valence-electron chi connectivity index (χ3n) is 2.08. The predicted molar refractivity (Wildman–Crippen MR) is 69.9 cm³/mol. The van der Waals surface area contributed by atoms with Gasteiger partial charge < -0.3 is 0 Å². The Kier molecular flexibility index (Phi) is 5.39. The van der Waals surface area contributed by atoms with Gasteiger partial charge in [0, 0.05) is 0 Å². The van der Waals surface area contributed by atoms with E-state index in [9.17, 15) is 0 Å². The van der Waals surface area contributed by atoms with Crippen molar-refractivity contribution in [2.75, 3.05) is 5.75 Å². The van der Waals surface area contributed by atoms with Gasteiger partial charge in [0.05, 0.1) is 0 Å². The molecule has 0 N–H and O–H groups in total. The van der Waals surface area contributed by atoms with Gasteiger partial charge in [0.2, 0.25) is 0 Å².